The molecule has 3 fully saturated rings. The fraction of sp³-hybridized carbons (Fsp3) is 0.594. The monoisotopic (exact) mass is 501 g/mol. The molecule has 1 heterocycles. The summed E-state index contributed by atoms with van der Waals surface area (Å²) >= 11 is 0. The highest BCUT2D eigenvalue weighted by Gasteiger charge is 2.67. The number of fused-ring (bicyclic) bond motifs is 4. The first-order valence-corrected chi connectivity index (χ1v) is 14.3. The van der Waals surface area contributed by atoms with Gasteiger partial charge in [-0.1, -0.05) is 24.6 Å². The number of carbonyl (C=O) groups excluding carboxylic acids is 3. The van der Waals surface area contributed by atoms with Crippen LogP contribution < -0.4 is 4.90 Å². The molecule has 1 aromatic rings. The molecule has 1 aromatic carbocycles. The number of carbonyl (C=O) groups is 3. The fourth-order valence-corrected chi connectivity index (χ4v) is 8.90. The first kappa shape index (κ1) is 24.6. The second-order valence-electron chi connectivity index (χ2n) is 12.3. The number of Topliss-reactive ketones (excluding diaryl/α,β-unsaturated/α-hetero) is 1. The standard InChI is InChI=1S/C32H39NO4/c1-20(34)32(37-21(2)35)15-14-29-27-12-8-23-18-25(36)11-13-26(23)30(27)28(19-31(29,32)3)22-6-9-24(10-7-22)33-16-4-5-17-33/h6-7,9-10,18,27-29H,4-5,8,11-17,19H2,1-3H3/t27?,28-,29?,31+,32+/m1/s1. The van der Waals surface area contributed by atoms with Crippen molar-refractivity contribution in [3.8, 4) is 0 Å². The first-order chi connectivity index (χ1) is 17.7. The Kier molecular flexibility index (Phi) is 5.96. The summed E-state index contributed by atoms with van der Waals surface area (Å²) in [5.74, 6) is 0.644. The largest absolute Gasteiger partial charge is 0.451 e. The van der Waals surface area contributed by atoms with Gasteiger partial charge in [-0.3, -0.25) is 14.4 Å². The molecule has 5 atom stereocenters. The Labute approximate surface area is 220 Å². The number of nitrogens with zero attached hydrogens (tertiary/aromatic N) is 1. The zero-order valence-corrected chi connectivity index (χ0v) is 22.5. The summed E-state index contributed by atoms with van der Waals surface area (Å²) in [4.78, 5) is 40.4. The van der Waals surface area contributed by atoms with Crippen molar-refractivity contribution in [1.29, 1.82) is 0 Å². The van der Waals surface area contributed by atoms with Gasteiger partial charge < -0.3 is 9.64 Å². The van der Waals surface area contributed by atoms with Crippen molar-refractivity contribution in [3.63, 3.8) is 0 Å². The average molecular weight is 502 g/mol. The number of ketones is 2. The lowest BCUT2D eigenvalue weighted by molar-refractivity contribution is -0.182. The van der Waals surface area contributed by atoms with E-state index in [-0.39, 0.29) is 29.4 Å². The molecule has 0 N–H and O–H groups in total. The van der Waals surface area contributed by atoms with Gasteiger partial charge in [-0.05, 0) is 105 Å². The van der Waals surface area contributed by atoms with Crippen LogP contribution >= 0.6 is 0 Å². The highest BCUT2D eigenvalue weighted by atomic mass is 16.6. The lowest BCUT2D eigenvalue weighted by Gasteiger charge is -2.55. The smallest absolute Gasteiger partial charge is 0.303 e. The maximum absolute atomic E-state index is 13.3. The summed E-state index contributed by atoms with van der Waals surface area (Å²) < 4.78 is 6.04. The van der Waals surface area contributed by atoms with Gasteiger partial charge in [-0.25, -0.2) is 0 Å². The Bertz CT molecular complexity index is 1200. The van der Waals surface area contributed by atoms with Crippen LogP contribution in [0.4, 0.5) is 5.69 Å². The van der Waals surface area contributed by atoms with E-state index in [1.165, 1.54) is 47.7 Å². The van der Waals surface area contributed by atoms with Crippen LogP contribution in [0.1, 0.15) is 90.0 Å². The lowest BCUT2D eigenvalue weighted by atomic mass is 9.50. The predicted molar refractivity (Wildman–Crippen MR) is 143 cm³/mol. The zero-order valence-electron chi connectivity index (χ0n) is 22.5. The lowest BCUT2D eigenvalue weighted by Crippen LogP contribution is -2.57. The van der Waals surface area contributed by atoms with Crippen molar-refractivity contribution in [1.82, 2.24) is 0 Å². The van der Waals surface area contributed by atoms with Gasteiger partial charge >= 0.3 is 5.97 Å². The average Bonchev–Trinajstić information content (AvgIpc) is 3.50. The molecule has 2 unspecified atom stereocenters. The molecule has 5 heteroatoms. The van der Waals surface area contributed by atoms with E-state index in [2.05, 4.69) is 36.1 Å². The molecule has 1 saturated heterocycles. The maximum Gasteiger partial charge on any atom is 0.303 e. The number of hydrogen-bond acceptors (Lipinski definition) is 5. The van der Waals surface area contributed by atoms with Crippen LogP contribution in [0.2, 0.25) is 0 Å². The Hall–Kier alpha value is -2.69. The highest BCUT2D eigenvalue weighted by Crippen LogP contribution is 2.67. The number of ether oxygens (including phenoxy) is 1. The van der Waals surface area contributed by atoms with Crippen molar-refractivity contribution >= 4 is 23.2 Å². The summed E-state index contributed by atoms with van der Waals surface area (Å²) in [6.07, 6.45) is 10.00. The highest BCUT2D eigenvalue weighted by molar-refractivity contribution is 5.93. The minimum atomic E-state index is -1.06. The number of benzene rings is 1. The van der Waals surface area contributed by atoms with Crippen LogP contribution in [-0.4, -0.2) is 36.2 Å². The number of rotatable bonds is 4. The molecular formula is C32H39NO4. The molecule has 196 valence electrons. The summed E-state index contributed by atoms with van der Waals surface area (Å²) in [5, 5.41) is 0. The number of allylic oxidation sites excluding steroid dienone is 4. The van der Waals surface area contributed by atoms with Crippen molar-refractivity contribution in [2.75, 3.05) is 18.0 Å². The van der Waals surface area contributed by atoms with Gasteiger partial charge in [-0.15, -0.1) is 0 Å². The number of esters is 1. The second kappa shape index (κ2) is 8.96. The Morgan fingerprint density at radius 1 is 1.00 bits per heavy atom. The normalized spacial score (nSPS) is 35.0. The maximum atomic E-state index is 13.3. The van der Waals surface area contributed by atoms with Gasteiger partial charge in [0.1, 0.15) is 0 Å². The van der Waals surface area contributed by atoms with Crippen LogP contribution in [0.3, 0.4) is 0 Å². The summed E-state index contributed by atoms with van der Waals surface area (Å²) in [5.41, 5.74) is 5.21. The van der Waals surface area contributed by atoms with Crippen LogP contribution in [0.25, 0.3) is 0 Å². The predicted octanol–water partition coefficient (Wildman–Crippen LogP) is 6.08. The minimum Gasteiger partial charge on any atom is -0.451 e. The van der Waals surface area contributed by atoms with E-state index >= 15 is 0 Å². The molecule has 4 aliphatic carbocycles. The Balaban J connectivity index is 1.48. The van der Waals surface area contributed by atoms with Gasteiger partial charge in [0.2, 0.25) is 0 Å². The molecule has 0 spiro atoms. The van der Waals surface area contributed by atoms with Crippen LogP contribution in [0.5, 0.6) is 0 Å². The van der Waals surface area contributed by atoms with E-state index in [4.69, 9.17) is 4.74 Å². The van der Waals surface area contributed by atoms with E-state index in [1.54, 1.807) is 6.92 Å². The zero-order chi connectivity index (χ0) is 25.9. The Morgan fingerprint density at radius 2 is 1.73 bits per heavy atom. The summed E-state index contributed by atoms with van der Waals surface area (Å²) in [6, 6.07) is 9.10. The quantitative estimate of drug-likeness (QED) is 0.468. The third kappa shape index (κ3) is 3.75. The van der Waals surface area contributed by atoms with Crippen molar-refractivity contribution < 1.29 is 19.1 Å². The van der Waals surface area contributed by atoms with Gasteiger partial charge in [0.05, 0.1) is 0 Å². The van der Waals surface area contributed by atoms with Gasteiger partial charge in [0, 0.05) is 43.5 Å². The van der Waals surface area contributed by atoms with E-state index in [9.17, 15) is 14.4 Å². The van der Waals surface area contributed by atoms with E-state index in [0.717, 1.165) is 45.2 Å². The van der Waals surface area contributed by atoms with Crippen LogP contribution in [0.15, 0.2) is 47.1 Å². The number of anilines is 1. The van der Waals surface area contributed by atoms with Crippen molar-refractivity contribution in [3.05, 3.63) is 52.6 Å². The fourth-order valence-electron chi connectivity index (χ4n) is 8.90. The molecule has 6 rings (SSSR count). The summed E-state index contributed by atoms with van der Waals surface area (Å²) in [6.45, 7) is 7.50. The van der Waals surface area contributed by atoms with E-state index in [1.807, 2.05) is 6.08 Å². The molecule has 5 nitrogen and oxygen atoms in total. The third-order valence-electron chi connectivity index (χ3n) is 10.5. The Morgan fingerprint density at radius 3 is 2.41 bits per heavy atom. The number of hydrogen-bond donors (Lipinski definition) is 0. The second-order valence-corrected chi connectivity index (χ2v) is 12.3. The molecule has 2 saturated carbocycles. The molecule has 0 radical (unpaired) electrons. The van der Waals surface area contributed by atoms with Gasteiger partial charge in [-0.2, -0.15) is 0 Å². The van der Waals surface area contributed by atoms with Crippen LogP contribution in [-0.2, 0) is 19.1 Å². The minimum absolute atomic E-state index is 0.0217. The molecule has 37 heavy (non-hydrogen) atoms. The third-order valence-corrected chi connectivity index (χ3v) is 10.5. The summed E-state index contributed by atoms with van der Waals surface area (Å²) in [7, 11) is 0. The first-order valence-electron chi connectivity index (χ1n) is 14.3. The van der Waals surface area contributed by atoms with Crippen LogP contribution in [0, 0.1) is 17.3 Å². The molecule has 1 aliphatic heterocycles. The molecular weight excluding hydrogens is 462 g/mol. The SMILES string of the molecule is CC(=O)O[C@]1(C(C)=O)CCC2C3CCC4=CC(=O)CCC4=C3[C@@H](c3ccc(N4CCCC4)cc3)C[C@@]21C. The van der Waals surface area contributed by atoms with Crippen molar-refractivity contribution in [2.45, 2.75) is 90.1 Å². The molecule has 0 amide bonds. The van der Waals surface area contributed by atoms with Crippen molar-refractivity contribution in [2.24, 2.45) is 17.3 Å². The van der Waals surface area contributed by atoms with E-state index in [0.29, 0.717) is 18.8 Å². The molecule has 0 aromatic heterocycles. The topological polar surface area (TPSA) is 63.7 Å². The van der Waals surface area contributed by atoms with E-state index < -0.39 is 11.0 Å². The molecule has 5 aliphatic rings. The van der Waals surface area contributed by atoms with Gasteiger partial charge in [0.25, 0.3) is 0 Å². The molecule has 0 bridgehead atoms. The van der Waals surface area contributed by atoms with Gasteiger partial charge in [0.15, 0.2) is 17.2 Å².